The average molecular weight is 480 g/mol. The summed E-state index contributed by atoms with van der Waals surface area (Å²) in [6.07, 6.45) is 0.682. The summed E-state index contributed by atoms with van der Waals surface area (Å²) >= 11 is 0. The molecule has 0 saturated heterocycles. The number of aromatic hydroxyl groups is 1. The molecule has 10 heteroatoms. The van der Waals surface area contributed by atoms with Crippen molar-refractivity contribution in [2.24, 2.45) is 0 Å². The molecule has 2 aliphatic heterocycles. The van der Waals surface area contributed by atoms with Crippen LogP contribution in [-0.2, 0) is 13.0 Å². The fourth-order valence-corrected chi connectivity index (χ4v) is 4.91. The number of aromatic nitrogens is 2. The minimum atomic E-state index is -0.909. The van der Waals surface area contributed by atoms with Crippen LogP contribution >= 0.6 is 0 Å². The minimum absolute atomic E-state index is 0.0112. The molecule has 182 valence electrons. The predicted octanol–water partition coefficient (Wildman–Crippen LogP) is 0.413. The summed E-state index contributed by atoms with van der Waals surface area (Å²) in [5.41, 5.74) is 0.423. The van der Waals surface area contributed by atoms with Gasteiger partial charge in [-0.05, 0) is 17.2 Å². The number of quaternary nitrogens is 1. The van der Waals surface area contributed by atoms with Crippen LogP contribution < -0.4 is 30.4 Å². The molecule has 3 heterocycles. The molecule has 35 heavy (non-hydrogen) atoms. The zero-order valence-corrected chi connectivity index (χ0v) is 19.4. The molecule has 3 aromatic rings. The highest BCUT2D eigenvalue weighted by atomic mass is 16.7. The van der Waals surface area contributed by atoms with Crippen LogP contribution in [0.3, 0.4) is 0 Å². The van der Waals surface area contributed by atoms with Gasteiger partial charge in [0.2, 0.25) is 18.4 Å². The molecule has 5 rings (SSSR count). The van der Waals surface area contributed by atoms with Crippen LogP contribution in [-0.4, -0.2) is 47.9 Å². The van der Waals surface area contributed by atoms with E-state index < -0.39 is 28.5 Å². The van der Waals surface area contributed by atoms with Crippen LogP contribution in [0, 0.1) is 0 Å². The number of aromatic amines is 1. The quantitative estimate of drug-likeness (QED) is 0.437. The van der Waals surface area contributed by atoms with Crippen LogP contribution in [0.5, 0.6) is 23.1 Å². The van der Waals surface area contributed by atoms with E-state index in [1.54, 1.807) is 24.3 Å². The van der Waals surface area contributed by atoms with Crippen LogP contribution in [0.15, 0.2) is 46.0 Å². The van der Waals surface area contributed by atoms with Gasteiger partial charge in [0.1, 0.15) is 11.6 Å². The van der Waals surface area contributed by atoms with E-state index in [1.165, 1.54) is 7.11 Å². The van der Waals surface area contributed by atoms with E-state index >= 15 is 0 Å². The molecule has 2 atom stereocenters. The molecule has 2 aromatic carbocycles. The lowest BCUT2D eigenvalue weighted by Crippen LogP contribution is -3.10. The second-order valence-electron chi connectivity index (χ2n) is 8.77. The van der Waals surface area contributed by atoms with E-state index in [2.05, 4.69) is 4.98 Å². The van der Waals surface area contributed by atoms with Crippen molar-refractivity contribution in [2.75, 3.05) is 27.5 Å². The molecule has 10 nitrogen and oxygen atoms in total. The van der Waals surface area contributed by atoms with Crippen molar-refractivity contribution in [3.8, 4) is 23.1 Å². The van der Waals surface area contributed by atoms with Gasteiger partial charge in [-0.3, -0.25) is 19.1 Å². The lowest BCUT2D eigenvalue weighted by Gasteiger charge is -2.32. The summed E-state index contributed by atoms with van der Waals surface area (Å²) < 4.78 is 17.8. The number of rotatable bonds is 6. The fraction of sp³-hybridized carbons (Fsp3) is 0.320. The van der Waals surface area contributed by atoms with Crippen LogP contribution in [0.1, 0.15) is 39.5 Å². The van der Waals surface area contributed by atoms with Crippen LogP contribution in [0.2, 0.25) is 0 Å². The SMILES string of the molecule is COc1c2c(cc3c1[C@H](CC(=O)c1c(O)n(Cc4ccccc4)c(=O)[nH]c1=O)[NH+](C)CC3)OCO2. The number of nitrogens with one attached hydrogen (secondary N) is 2. The number of benzene rings is 2. The van der Waals surface area contributed by atoms with Gasteiger partial charge in [0.15, 0.2) is 17.3 Å². The Labute approximate surface area is 200 Å². The summed E-state index contributed by atoms with van der Waals surface area (Å²) in [4.78, 5) is 41.7. The smallest absolute Gasteiger partial charge is 0.331 e. The van der Waals surface area contributed by atoms with Gasteiger partial charge in [-0.25, -0.2) is 4.79 Å². The number of ether oxygens (including phenoxy) is 3. The van der Waals surface area contributed by atoms with Gasteiger partial charge in [0.05, 0.1) is 39.2 Å². The Balaban J connectivity index is 1.53. The first kappa shape index (κ1) is 22.7. The highest BCUT2D eigenvalue weighted by molar-refractivity contribution is 5.98. The van der Waals surface area contributed by atoms with Crippen molar-refractivity contribution in [3.63, 3.8) is 0 Å². The fourth-order valence-electron chi connectivity index (χ4n) is 4.91. The second kappa shape index (κ2) is 8.95. The van der Waals surface area contributed by atoms with Gasteiger partial charge >= 0.3 is 5.69 Å². The van der Waals surface area contributed by atoms with Gasteiger partial charge < -0.3 is 24.2 Å². The van der Waals surface area contributed by atoms with E-state index in [9.17, 15) is 19.5 Å². The van der Waals surface area contributed by atoms with E-state index in [4.69, 9.17) is 14.2 Å². The van der Waals surface area contributed by atoms with E-state index in [-0.39, 0.29) is 25.8 Å². The third-order valence-corrected chi connectivity index (χ3v) is 6.70. The molecule has 2 aliphatic rings. The molecular formula is C25H26N3O7+. The first-order valence-electron chi connectivity index (χ1n) is 11.3. The first-order valence-corrected chi connectivity index (χ1v) is 11.3. The summed E-state index contributed by atoms with van der Waals surface area (Å²) in [5, 5.41) is 10.9. The minimum Gasteiger partial charge on any atom is -0.494 e. The number of hydrogen-bond donors (Lipinski definition) is 3. The molecule has 3 N–H and O–H groups in total. The standard InChI is InChI=1S/C25H25N3O7/c1-27-9-8-15-10-18-21(35-13-34-18)22(33-2)19(15)16(27)11-17(29)20-23(30)26-25(32)28(24(20)31)12-14-6-4-3-5-7-14/h3-7,10,16,31H,8-9,11-13H2,1-2H3,(H,26,30,32)/p+1/t16-/m0/s1. The topological polar surface area (TPSA) is 124 Å². The van der Waals surface area contributed by atoms with Gasteiger partial charge in [0, 0.05) is 6.42 Å². The number of carbonyl (C=O) groups is 1. The Morgan fingerprint density at radius 3 is 2.77 bits per heavy atom. The third kappa shape index (κ3) is 3.95. The number of hydrogen-bond acceptors (Lipinski definition) is 7. The number of Topliss-reactive ketones (excluding diaryl/α,β-unsaturated/α-hetero) is 1. The van der Waals surface area contributed by atoms with Crippen molar-refractivity contribution >= 4 is 5.78 Å². The van der Waals surface area contributed by atoms with Crippen molar-refractivity contribution in [2.45, 2.75) is 25.4 Å². The molecule has 0 amide bonds. The summed E-state index contributed by atoms with van der Waals surface area (Å²) in [6, 6.07) is 10.5. The Morgan fingerprint density at radius 2 is 2.03 bits per heavy atom. The Kier molecular flexibility index (Phi) is 5.81. The lowest BCUT2D eigenvalue weighted by atomic mass is 9.87. The number of methoxy groups -OCH3 is 1. The lowest BCUT2D eigenvalue weighted by molar-refractivity contribution is -0.913. The summed E-state index contributed by atoms with van der Waals surface area (Å²) in [7, 11) is 3.50. The maximum Gasteiger partial charge on any atom is 0.331 e. The van der Waals surface area contributed by atoms with E-state index in [0.29, 0.717) is 17.2 Å². The monoisotopic (exact) mass is 480 g/mol. The molecule has 0 fully saturated rings. The van der Waals surface area contributed by atoms with E-state index in [1.807, 2.05) is 19.2 Å². The Morgan fingerprint density at radius 1 is 1.26 bits per heavy atom. The number of likely N-dealkylation sites (N-methyl/N-ethyl adjacent to an activating group) is 1. The zero-order chi connectivity index (χ0) is 24.7. The number of carbonyl (C=O) groups excluding carboxylic acids is 1. The highest BCUT2D eigenvalue weighted by Gasteiger charge is 2.38. The normalized spacial score (nSPS) is 18.2. The van der Waals surface area contributed by atoms with Crippen LogP contribution in [0.4, 0.5) is 0 Å². The highest BCUT2D eigenvalue weighted by Crippen LogP contribution is 2.48. The van der Waals surface area contributed by atoms with Crippen LogP contribution in [0.25, 0.3) is 0 Å². The van der Waals surface area contributed by atoms with Gasteiger partial charge in [0.25, 0.3) is 5.56 Å². The number of ketones is 1. The summed E-state index contributed by atoms with van der Waals surface area (Å²) in [6.45, 7) is 0.855. The zero-order valence-electron chi connectivity index (χ0n) is 19.4. The van der Waals surface area contributed by atoms with Crippen molar-refractivity contribution in [1.29, 1.82) is 0 Å². The van der Waals surface area contributed by atoms with Crippen molar-refractivity contribution < 1.29 is 29.0 Å². The molecule has 0 saturated carbocycles. The molecule has 0 aliphatic carbocycles. The first-order chi connectivity index (χ1) is 16.9. The molecule has 1 aromatic heterocycles. The predicted molar refractivity (Wildman–Crippen MR) is 125 cm³/mol. The molecule has 1 unspecified atom stereocenters. The number of nitrogens with zero attached hydrogens (tertiary/aromatic N) is 1. The average Bonchev–Trinajstić information content (AvgIpc) is 3.31. The van der Waals surface area contributed by atoms with Gasteiger partial charge in [-0.1, -0.05) is 30.3 Å². The maximum absolute atomic E-state index is 13.5. The van der Waals surface area contributed by atoms with Crippen molar-refractivity contribution in [3.05, 3.63) is 79.5 Å². The second-order valence-corrected chi connectivity index (χ2v) is 8.77. The van der Waals surface area contributed by atoms with Gasteiger partial charge in [-0.2, -0.15) is 0 Å². The molecule has 0 spiro atoms. The number of H-pyrrole nitrogens is 1. The maximum atomic E-state index is 13.5. The van der Waals surface area contributed by atoms with Gasteiger partial charge in [-0.15, -0.1) is 0 Å². The third-order valence-electron chi connectivity index (χ3n) is 6.70. The van der Waals surface area contributed by atoms with Crippen molar-refractivity contribution in [1.82, 2.24) is 9.55 Å². The molecular weight excluding hydrogens is 454 g/mol. The summed E-state index contributed by atoms with van der Waals surface area (Å²) in [5.74, 6) is 0.406. The Bertz CT molecular complexity index is 1410. The van der Waals surface area contributed by atoms with E-state index in [0.717, 1.165) is 39.1 Å². The Hall–Kier alpha value is -4.05. The number of fused-ring (bicyclic) bond motifs is 2. The molecule has 0 radical (unpaired) electrons. The molecule has 0 bridgehead atoms. The largest absolute Gasteiger partial charge is 0.494 e.